The average Bonchev–Trinajstić information content (AvgIpc) is 2.71. The van der Waals surface area contributed by atoms with E-state index < -0.39 is 0 Å². The van der Waals surface area contributed by atoms with Crippen molar-refractivity contribution >= 4 is 0 Å². The van der Waals surface area contributed by atoms with E-state index in [4.69, 9.17) is 5.73 Å². The number of tetrazole rings is 1. The minimum Gasteiger partial charge on any atom is -0.326 e. The standard InChI is InChI=1S/C8H8FN5/c9-7-2-1-5(4-10)3-6(7)8-11-13-14-12-8/h1-3H,4,10H2,(H,11,12,13,14). The first-order chi connectivity index (χ1) is 6.81. The molecule has 0 saturated carbocycles. The number of aromatic nitrogens is 4. The van der Waals surface area contributed by atoms with Gasteiger partial charge in [0.1, 0.15) is 5.82 Å². The zero-order valence-electron chi connectivity index (χ0n) is 7.24. The first-order valence-corrected chi connectivity index (χ1v) is 4.03. The molecule has 0 spiro atoms. The lowest BCUT2D eigenvalue weighted by atomic mass is 10.1. The van der Waals surface area contributed by atoms with E-state index >= 15 is 0 Å². The number of nitrogens with zero attached hydrogens (tertiary/aromatic N) is 3. The van der Waals surface area contributed by atoms with E-state index in [1.165, 1.54) is 6.07 Å². The predicted molar refractivity (Wildman–Crippen MR) is 47.5 cm³/mol. The molecule has 2 rings (SSSR count). The summed E-state index contributed by atoms with van der Waals surface area (Å²) in [5.74, 6) is -0.151. The molecule has 0 saturated heterocycles. The SMILES string of the molecule is NCc1ccc(F)c(-c2nn[nH]n2)c1. The molecule has 0 bridgehead atoms. The topological polar surface area (TPSA) is 80.5 Å². The first kappa shape index (κ1) is 8.76. The molecule has 2 aromatic rings. The molecule has 1 aromatic carbocycles. The number of aromatic amines is 1. The van der Waals surface area contributed by atoms with Crippen LogP contribution >= 0.6 is 0 Å². The smallest absolute Gasteiger partial charge is 0.207 e. The Balaban J connectivity index is 2.51. The molecular formula is C8H8FN5. The van der Waals surface area contributed by atoms with Crippen molar-refractivity contribution in [3.63, 3.8) is 0 Å². The second-order valence-electron chi connectivity index (χ2n) is 2.75. The summed E-state index contributed by atoms with van der Waals surface area (Å²) in [6.45, 7) is 0.352. The molecule has 6 heteroatoms. The normalized spacial score (nSPS) is 10.4. The number of hydrogen-bond donors (Lipinski definition) is 2. The molecule has 0 unspecified atom stereocenters. The highest BCUT2D eigenvalue weighted by Crippen LogP contribution is 2.19. The van der Waals surface area contributed by atoms with Crippen LogP contribution in [0.4, 0.5) is 4.39 Å². The summed E-state index contributed by atoms with van der Waals surface area (Å²) >= 11 is 0. The van der Waals surface area contributed by atoms with Gasteiger partial charge in [0.25, 0.3) is 0 Å². The van der Waals surface area contributed by atoms with Gasteiger partial charge in [-0.1, -0.05) is 6.07 Å². The van der Waals surface area contributed by atoms with Crippen LogP contribution < -0.4 is 5.73 Å². The fourth-order valence-electron chi connectivity index (χ4n) is 1.15. The maximum atomic E-state index is 13.3. The molecule has 14 heavy (non-hydrogen) atoms. The lowest BCUT2D eigenvalue weighted by Gasteiger charge is -2.00. The highest BCUT2D eigenvalue weighted by molar-refractivity contribution is 5.56. The molecule has 5 nitrogen and oxygen atoms in total. The number of hydrogen-bond acceptors (Lipinski definition) is 4. The van der Waals surface area contributed by atoms with Gasteiger partial charge in [-0.2, -0.15) is 5.21 Å². The lowest BCUT2D eigenvalue weighted by Crippen LogP contribution is -1.97. The summed E-state index contributed by atoms with van der Waals surface area (Å²) in [4.78, 5) is 0. The van der Waals surface area contributed by atoms with Crippen molar-refractivity contribution in [1.82, 2.24) is 20.6 Å². The number of halogens is 1. The molecule has 0 aliphatic heterocycles. The molecule has 3 N–H and O–H groups in total. The van der Waals surface area contributed by atoms with Gasteiger partial charge in [0.05, 0.1) is 5.56 Å². The second kappa shape index (κ2) is 3.51. The average molecular weight is 193 g/mol. The van der Waals surface area contributed by atoms with Gasteiger partial charge in [-0.05, 0) is 22.9 Å². The Morgan fingerprint density at radius 2 is 2.29 bits per heavy atom. The summed E-state index contributed by atoms with van der Waals surface area (Å²) in [6, 6.07) is 4.58. The van der Waals surface area contributed by atoms with E-state index in [0.717, 1.165) is 5.56 Å². The first-order valence-electron chi connectivity index (χ1n) is 4.03. The zero-order valence-corrected chi connectivity index (χ0v) is 7.24. The summed E-state index contributed by atoms with van der Waals surface area (Å²) in [6.07, 6.45) is 0. The Labute approximate surface area is 79.1 Å². The molecule has 0 radical (unpaired) electrons. The molecule has 72 valence electrons. The van der Waals surface area contributed by atoms with Crippen molar-refractivity contribution in [2.75, 3.05) is 0 Å². The van der Waals surface area contributed by atoms with Crippen LogP contribution in [0.25, 0.3) is 11.4 Å². The number of H-pyrrole nitrogens is 1. The van der Waals surface area contributed by atoms with Gasteiger partial charge in [-0.25, -0.2) is 4.39 Å². The van der Waals surface area contributed by atoms with Gasteiger partial charge in [-0.15, -0.1) is 10.2 Å². The Hall–Kier alpha value is -1.82. The van der Waals surface area contributed by atoms with Gasteiger partial charge >= 0.3 is 0 Å². The van der Waals surface area contributed by atoms with Crippen LogP contribution in [0.1, 0.15) is 5.56 Å². The number of nitrogens with two attached hydrogens (primary N) is 1. The molecule has 1 heterocycles. The highest BCUT2D eigenvalue weighted by atomic mass is 19.1. The Morgan fingerprint density at radius 3 is 2.93 bits per heavy atom. The van der Waals surface area contributed by atoms with Crippen molar-refractivity contribution in [3.8, 4) is 11.4 Å². The number of rotatable bonds is 2. The van der Waals surface area contributed by atoms with Gasteiger partial charge in [0, 0.05) is 6.54 Å². The van der Waals surface area contributed by atoms with Crippen molar-refractivity contribution in [2.45, 2.75) is 6.54 Å². The summed E-state index contributed by atoms with van der Waals surface area (Å²) in [5.41, 5.74) is 6.57. The van der Waals surface area contributed by atoms with E-state index in [0.29, 0.717) is 12.1 Å². The van der Waals surface area contributed by atoms with Crippen LogP contribution in [0.3, 0.4) is 0 Å². The molecule has 1 aromatic heterocycles. The fraction of sp³-hybridized carbons (Fsp3) is 0.125. The van der Waals surface area contributed by atoms with Gasteiger partial charge in [-0.3, -0.25) is 0 Å². The number of benzene rings is 1. The van der Waals surface area contributed by atoms with Crippen LogP contribution in [0.2, 0.25) is 0 Å². The minimum absolute atomic E-state index is 0.234. The highest BCUT2D eigenvalue weighted by Gasteiger charge is 2.09. The fourth-order valence-corrected chi connectivity index (χ4v) is 1.15. The van der Waals surface area contributed by atoms with Crippen LogP contribution in [-0.2, 0) is 6.54 Å². The van der Waals surface area contributed by atoms with E-state index in [-0.39, 0.29) is 11.6 Å². The lowest BCUT2D eigenvalue weighted by molar-refractivity contribution is 0.629. The van der Waals surface area contributed by atoms with E-state index in [9.17, 15) is 4.39 Å². The summed E-state index contributed by atoms with van der Waals surface area (Å²) < 4.78 is 13.3. The van der Waals surface area contributed by atoms with Crippen molar-refractivity contribution in [3.05, 3.63) is 29.6 Å². The quantitative estimate of drug-likeness (QED) is 0.726. The summed E-state index contributed by atoms with van der Waals surface area (Å²) in [7, 11) is 0. The molecule has 0 aliphatic rings. The molecule has 0 amide bonds. The molecule has 0 aliphatic carbocycles. The zero-order chi connectivity index (χ0) is 9.97. The number of nitrogens with one attached hydrogen (secondary N) is 1. The predicted octanol–water partition coefficient (Wildman–Crippen LogP) is 0.465. The Bertz CT molecular complexity index is 425. The van der Waals surface area contributed by atoms with Gasteiger partial charge in [0.15, 0.2) is 0 Å². The maximum Gasteiger partial charge on any atom is 0.207 e. The molecule has 0 fully saturated rings. The van der Waals surface area contributed by atoms with Crippen molar-refractivity contribution in [2.24, 2.45) is 5.73 Å². The van der Waals surface area contributed by atoms with E-state index in [1.54, 1.807) is 12.1 Å². The van der Waals surface area contributed by atoms with Crippen LogP contribution in [0.5, 0.6) is 0 Å². The Kier molecular flexibility index (Phi) is 2.19. The van der Waals surface area contributed by atoms with Crippen molar-refractivity contribution < 1.29 is 4.39 Å². The van der Waals surface area contributed by atoms with Crippen LogP contribution in [-0.4, -0.2) is 20.6 Å². The minimum atomic E-state index is -0.386. The summed E-state index contributed by atoms with van der Waals surface area (Å²) in [5, 5.41) is 13.0. The third kappa shape index (κ3) is 1.47. The van der Waals surface area contributed by atoms with Crippen LogP contribution in [0, 0.1) is 5.82 Å². The largest absolute Gasteiger partial charge is 0.326 e. The van der Waals surface area contributed by atoms with E-state index in [2.05, 4.69) is 20.6 Å². The maximum absolute atomic E-state index is 13.3. The van der Waals surface area contributed by atoms with E-state index in [1.807, 2.05) is 0 Å². The third-order valence-electron chi connectivity index (χ3n) is 1.85. The molecule has 0 atom stereocenters. The third-order valence-corrected chi connectivity index (χ3v) is 1.85. The van der Waals surface area contributed by atoms with Crippen molar-refractivity contribution in [1.29, 1.82) is 0 Å². The Morgan fingerprint density at radius 1 is 1.43 bits per heavy atom. The van der Waals surface area contributed by atoms with Gasteiger partial charge < -0.3 is 5.73 Å². The molecular weight excluding hydrogens is 185 g/mol. The monoisotopic (exact) mass is 193 g/mol. The van der Waals surface area contributed by atoms with Gasteiger partial charge in [0.2, 0.25) is 5.82 Å². The second-order valence-corrected chi connectivity index (χ2v) is 2.75. The van der Waals surface area contributed by atoms with Crippen LogP contribution in [0.15, 0.2) is 18.2 Å².